The molecule has 2 rings (SSSR count). The van der Waals surface area contributed by atoms with Crippen LogP contribution in [0.3, 0.4) is 0 Å². The number of H-pyrrole nitrogens is 1. The van der Waals surface area contributed by atoms with E-state index >= 15 is 0 Å². The van der Waals surface area contributed by atoms with E-state index in [0.29, 0.717) is 11.6 Å². The van der Waals surface area contributed by atoms with E-state index < -0.39 is 6.61 Å². The molecule has 0 unspecified atom stereocenters. The Morgan fingerprint density at radius 1 is 1.45 bits per heavy atom. The molecular weight excluding hydrogens is 292 g/mol. The molecule has 2 heterocycles. The van der Waals surface area contributed by atoms with Crippen molar-refractivity contribution in [1.29, 1.82) is 0 Å². The fourth-order valence-electron chi connectivity index (χ4n) is 1.87. The Hall–Kier alpha value is -2.51. The lowest BCUT2D eigenvalue weighted by Crippen LogP contribution is -2.02. The molecular formula is C14H17F2N5O. The van der Waals surface area contributed by atoms with E-state index in [-0.39, 0.29) is 5.88 Å². The van der Waals surface area contributed by atoms with Gasteiger partial charge >= 0.3 is 6.61 Å². The number of rotatable bonds is 7. The van der Waals surface area contributed by atoms with Crippen LogP contribution in [0.2, 0.25) is 0 Å². The first-order valence-electron chi connectivity index (χ1n) is 6.88. The molecule has 2 aromatic rings. The number of aromatic nitrogens is 4. The average molecular weight is 309 g/mol. The smallest absolute Gasteiger partial charge is 0.388 e. The van der Waals surface area contributed by atoms with Crippen molar-refractivity contribution in [1.82, 2.24) is 20.2 Å². The maximum Gasteiger partial charge on any atom is 0.388 e. The molecule has 0 aliphatic rings. The molecule has 2 aromatic heterocycles. The molecule has 118 valence electrons. The summed E-state index contributed by atoms with van der Waals surface area (Å²) in [6, 6.07) is 1.33. The third kappa shape index (κ3) is 4.24. The lowest BCUT2D eigenvalue weighted by molar-refractivity contribution is -0.0528. The second kappa shape index (κ2) is 7.48. The Morgan fingerprint density at radius 2 is 2.27 bits per heavy atom. The maximum atomic E-state index is 12.1. The fraction of sp³-hybridized carbons (Fsp3) is 0.357. The second-order valence-electron chi connectivity index (χ2n) is 4.46. The largest absolute Gasteiger partial charge is 0.415 e. The Morgan fingerprint density at radius 3 is 2.95 bits per heavy atom. The molecule has 0 saturated carbocycles. The predicted molar refractivity (Wildman–Crippen MR) is 79.2 cm³/mol. The van der Waals surface area contributed by atoms with E-state index in [2.05, 4.69) is 37.1 Å². The number of nitrogens with one attached hydrogen (secondary N) is 2. The van der Waals surface area contributed by atoms with E-state index in [0.717, 1.165) is 24.2 Å². The zero-order chi connectivity index (χ0) is 15.9. The van der Waals surface area contributed by atoms with Gasteiger partial charge in [0.05, 0.1) is 17.6 Å². The second-order valence-corrected chi connectivity index (χ2v) is 4.46. The standard InChI is InChI=1S/C14H17F2N5O/c1-3-5-9-10(6-4-2)18-12(8-17-9)19-11-7-13(21-20-11)22-14(15)16/h3,5,7-8,14H,4,6H2,1-2H3,(H2,18,19,20,21)/b5-3-. The van der Waals surface area contributed by atoms with Crippen molar-refractivity contribution in [2.75, 3.05) is 5.32 Å². The minimum atomic E-state index is -2.91. The van der Waals surface area contributed by atoms with Gasteiger partial charge in [-0.1, -0.05) is 19.4 Å². The molecule has 2 N–H and O–H groups in total. The summed E-state index contributed by atoms with van der Waals surface area (Å²) in [5, 5.41) is 9.08. The van der Waals surface area contributed by atoms with Gasteiger partial charge in [0.15, 0.2) is 0 Å². The van der Waals surface area contributed by atoms with Crippen molar-refractivity contribution in [3.05, 3.63) is 29.7 Å². The van der Waals surface area contributed by atoms with Gasteiger partial charge in [0.1, 0.15) is 11.6 Å². The summed E-state index contributed by atoms with van der Waals surface area (Å²) < 4.78 is 28.4. The minimum Gasteiger partial charge on any atom is -0.415 e. The van der Waals surface area contributed by atoms with Crippen molar-refractivity contribution < 1.29 is 13.5 Å². The zero-order valence-electron chi connectivity index (χ0n) is 12.3. The molecule has 0 aliphatic carbocycles. The number of hydrogen-bond donors (Lipinski definition) is 2. The number of halogens is 2. The van der Waals surface area contributed by atoms with E-state index in [1.807, 2.05) is 19.1 Å². The summed E-state index contributed by atoms with van der Waals surface area (Å²) in [7, 11) is 0. The van der Waals surface area contributed by atoms with Crippen LogP contribution < -0.4 is 10.1 Å². The van der Waals surface area contributed by atoms with E-state index in [1.165, 1.54) is 6.07 Å². The van der Waals surface area contributed by atoms with Gasteiger partial charge < -0.3 is 10.1 Å². The summed E-state index contributed by atoms with van der Waals surface area (Å²) in [6.45, 7) is 1.06. The molecule has 0 fully saturated rings. The van der Waals surface area contributed by atoms with Crippen molar-refractivity contribution in [3.63, 3.8) is 0 Å². The predicted octanol–water partition coefficient (Wildman–Crippen LogP) is 3.53. The highest BCUT2D eigenvalue weighted by molar-refractivity contribution is 5.55. The zero-order valence-corrected chi connectivity index (χ0v) is 12.3. The van der Waals surface area contributed by atoms with Crippen LogP contribution in [0.4, 0.5) is 20.4 Å². The van der Waals surface area contributed by atoms with Crippen molar-refractivity contribution in [3.8, 4) is 5.88 Å². The molecule has 22 heavy (non-hydrogen) atoms. The molecule has 0 aliphatic heterocycles. The third-order valence-corrected chi connectivity index (χ3v) is 2.72. The van der Waals surface area contributed by atoms with Crippen LogP contribution in [-0.4, -0.2) is 26.8 Å². The lowest BCUT2D eigenvalue weighted by atomic mass is 10.2. The number of allylic oxidation sites excluding steroid dienone is 1. The molecule has 0 radical (unpaired) electrons. The van der Waals surface area contributed by atoms with Crippen LogP contribution in [-0.2, 0) is 6.42 Å². The number of ether oxygens (including phenoxy) is 1. The first-order valence-corrected chi connectivity index (χ1v) is 6.88. The number of nitrogens with zero attached hydrogens (tertiary/aromatic N) is 3. The quantitative estimate of drug-likeness (QED) is 0.818. The van der Waals surface area contributed by atoms with Gasteiger partial charge in [0, 0.05) is 6.07 Å². The van der Waals surface area contributed by atoms with Gasteiger partial charge in [-0.3, -0.25) is 10.1 Å². The highest BCUT2D eigenvalue weighted by atomic mass is 19.3. The molecule has 0 saturated heterocycles. The summed E-state index contributed by atoms with van der Waals surface area (Å²) in [6.07, 6.45) is 7.11. The van der Waals surface area contributed by atoms with Gasteiger partial charge in [-0.25, -0.2) is 4.98 Å². The first kappa shape index (κ1) is 15.9. The van der Waals surface area contributed by atoms with Crippen LogP contribution in [0.1, 0.15) is 31.7 Å². The van der Waals surface area contributed by atoms with Gasteiger partial charge in [0.2, 0.25) is 5.88 Å². The van der Waals surface area contributed by atoms with Gasteiger partial charge in [-0.05, 0) is 19.4 Å². The fourth-order valence-corrected chi connectivity index (χ4v) is 1.87. The number of hydrogen-bond acceptors (Lipinski definition) is 5. The Labute approximate surface area is 126 Å². The van der Waals surface area contributed by atoms with Crippen molar-refractivity contribution in [2.24, 2.45) is 0 Å². The molecule has 8 heteroatoms. The highest BCUT2D eigenvalue weighted by Gasteiger charge is 2.10. The average Bonchev–Trinajstić information content (AvgIpc) is 2.88. The molecule has 0 amide bonds. The molecule has 0 spiro atoms. The number of alkyl halides is 2. The molecule has 0 aromatic carbocycles. The third-order valence-electron chi connectivity index (χ3n) is 2.72. The topological polar surface area (TPSA) is 75.7 Å². The normalized spacial score (nSPS) is 11.3. The summed E-state index contributed by atoms with van der Waals surface area (Å²) in [4.78, 5) is 8.83. The van der Waals surface area contributed by atoms with Gasteiger partial charge in [0.25, 0.3) is 0 Å². The highest BCUT2D eigenvalue weighted by Crippen LogP contribution is 2.19. The van der Waals surface area contributed by atoms with Gasteiger partial charge in [-0.2, -0.15) is 8.78 Å². The minimum absolute atomic E-state index is 0.190. The number of anilines is 2. The van der Waals surface area contributed by atoms with Crippen molar-refractivity contribution >= 4 is 17.7 Å². The first-order chi connectivity index (χ1) is 10.6. The molecule has 6 nitrogen and oxygen atoms in total. The van der Waals surface area contributed by atoms with Gasteiger partial charge in [-0.15, -0.1) is 5.10 Å². The molecule has 0 bridgehead atoms. The van der Waals surface area contributed by atoms with Crippen LogP contribution in [0, 0.1) is 0 Å². The summed E-state index contributed by atoms with van der Waals surface area (Å²) >= 11 is 0. The van der Waals surface area contributed by atoms with Crippen LogP contribution in [0.25, 0.3) is 6.08 Å². The Balaban J connectivity index is 2.15. The Bertz CT molecular complexity index is 642. The summed E-state index contributed by atoms with van der Waals surface area (Å²) in [5.41, 5.74) is 1.69. The Kier molecular flexibility index (Phi) is 5.40. The monoisotopic (exact) mass is 309 g/mol. The summed E-state index contributed by atoms with van der Waals surface area (Å²) in [5.74, 6) is 0.708. The van der Waals surface area contributed by atoms with E-state index in [4.69, 9.17) is 0 Å². The molecule has 0 atom stereocenters. The van der Waals surface area contributed by atoms with Crippen LogP contribution in [0.5, 0.6) is 5.88 Å². The van der Waals surface area contributed by atoms with E-state index in [9.17, 15) is 8.78 Å². The maximum absolute atomic E-state index is 12.1. The van der Waals surface area contributed by atoms with Crippen molar-refractivity contribution in [2.45, 2.75) is 33.3 Å². The van der Waals surface area contributed by atoms with E-state index in [1.54, 1.807) is 6.20 Å². The van der Waals surface area contributed by atoms with Crippen LogP contribution >= 0.6 is 0 Å². The number of aryl methyl sites for hydroxylation is 1. The number of aromatic amines is 1. The lowest BCUT2D eigenvalue weighted by Gasteiger charge is -2.07. The van der Waals surface area contributed by atoms with Crippen LogP contribution in [0.15, 0.2) is 18.3 Å². The SMILES string of the molecule is C/C=C\c1ncc(Nc2cc(OC(F)F)n[nH]2)nc1CCC.